The summed E-state index contributed by atoms with van der Waals surface area (Å²) >= 11 is 6.03. The molecule has 0 bridgehead atoms. The van der Waals surface area contributed by atoms with Crippen molar-refractivity contribution >= 4 is 33.0 Å². The van der Waals surface area contributed by atoms with Crippen molar-refractivity contribution in [2.75, 3.05) is 17.1 Å². The highest BCUT2D eigenvalue weighted by Crippen LogP contribution is 2.31. The van der Waals surface area contributed by atoms with E-state index in [0.717, 1.165) is 17.7 Å². The first kappa shape index (κ1) is 16.0. The van der Waals surface area contributed by atoms with Crippen LogP contribution in [0, 0.1) is 0 Å². The first-order valence-corrected chi connectivity index (χ1v) is 9.01. The summed E-state index contributed by atoms with van der Waals surface area (Å²) < 4.78 is 32.7. The minimum Gasteiger partial charge on any atom is -0.495 e. The number of nitrogens with one attached hydrogen (secondary N) is 2. The van der Waals surface area contributed by atoms with E-state index in [4.69, 9.17) is 16.3 Å². The summed E-state index contributed by atoms with van der Waals surface area (Å²) in [5, 5.41) is 3.65. The number of hydrogen-bond donors (Lipinski definition) is 2. The summed E-state index contributed by atoms with van der Waals surface area (Å²) in [6.45, 7) is 2.06. The molecule has 0 spiro atoms. The van der Waals surface area contributed by atoms with E-state index in [1.165, 1.54) is 13.2 Å². The van der Waals surface area contributed by atoms with Gasteiger partial charge >= 0.3 is 0 Å². The molecule has 0 amide bonds. The van der Waals surface area contributed by atoms with Crippen LogP contribution in [0.25, 0.3) is 0 Å². The first-order valence-electron chi connectivity index (χ1n) is 7.15. The Bertz CT molecular complexity index is 852. The maximum absolute atomic E-state index is 12.5. The minimum absolute atomic E-state index is 0.235. The van der Waals surface area contributed by atoms with E-state index < -0.39 is 10.0 Å². The average Bonchev–Trinajstić information content (AvgIpc) is 2.86. The number of halogens is 1. The van der Waals surface area contributed by atoms with Gasteiger partial charge in [0.1, 0.15) is 5.75 Å². The van der Waals surface area contributed by atoms with Crippen LogP contribution < -0.4 is 14.8 Å². The largest absolute Gasteiger partial charge is 0.495 e. The second-order valence-electron chi connectivity index (χ2n) is 5.52. The number of fused-ring (bicyclic) bond motifs is 1. The van der Waals surface area contributed by atoms with Gasteiger partial charge in [-0.05, 0) is 55.3 Å². The molecule has 2 N–H and O–H groups in total. The Morgan fingerprint density at radius 3 is 2.74 bits per heavy atom. The lowest BCUT2D eigenvalue weighted by Gasteiger charge is -2.11. The van der Waals surface area contributed by atoms with Crippen LogP contribution in [0.5, 0.6) is 5.75 Å². The summed E-state index contributed by atoms with van der Waals surface area (Å²) in [6, 6.07) is 10.2. The maximum Gasteiger partial charge on any atom is 0.261 e. The third-order valence-electron chi connectivity index (χ3n) is 3.72. The molecule has 7 heteroatoms. The van der Waals surface area contributed by atoms with E-state index in [9.17, 15) is 8.42 Å². The van der Waals surface area contributed by atoms with Crippen molar-refractivity contribution in [1.82, 2.24) is 0 Å². The van der Waals surface area contributed by atoms with Crippen LogP contribution in [0.4, 0.5) is 11.4 Å². The standard InChI is InChI=1S/C16H17ClN2O3S/c1-10-7-11-8-13(4-5-15(11)18-10)23(20,21)19-12-3-6-16(22-2)14(17)9-12/h3-6,8-10,18-19H,7H2,1-2H3/t10-/m1/s1. The molecule has 0 aliphatic carbocycles. The zero-order chi connectivity index (χ0) is 16.6. The summed E-state index contributed by atoms with van der Waals surface area (Å²) in [5.74, 6) is 0.493. The van der Waals surface area contributed by atoms with Gasteiger partial charge in [-0.3, -0.25) is 4.72 Å². The predicted octanol–water partition coefficient (Wildman–Crippen LogP) is 3.51. The lowest BCUT2D eigenvalue weighted by atomic mass is 10.1. The van der Waals surface area contributed by atoms with Crippen molar-refractivity contribution in [1.29, 1.82) is 0 Å². The van der Waals surface area contributed by atoms with E-state index in [-0.39, 0.29) is 4.90 Å². The van der Waals surface area contributed by atoms with Crippen LogP contribution in [0.15, 0.2) is 41.3 Å². The molecule has 1 atom stereocenters. The summed E-state index contributed by atoms with van der Waals surface area (Å²) in [6.07, 6.45) is 0.813. The highest BCUT2D eigenvalue weighted by molar-refractivity contribution is 7.92. The molecule has 0 fully saturated rings. The molecule has 5 nitrogen and oxygen atoms in total. The minimum atomic E-state index is -3.67. The number of sulfonamides is 1. The molecule has 1 aliphatic rings. The molecule has 0 saturated heterocycles. The van der Waals surface area contributed by atoms with E-state index in [2.05, 4.69) is 17.0 Å². The molecular formula is C16H17ClN2O3S. The molecule has 0 radical (unpaired) electrons. The van der Waals surface area contributed by atoms with Crippen molar-refractivity contribution in [2.24, 2.45) is 0 Å². The average molecular weight is 353 g/mol. The maximum atomic E-state index is 12.5. The fourth-order valence-corrected chi connectivity index (χ4v) is 3.99. The van der Waals surface area contributed by atoms with E-state index in [1.54, 1.807) is 30.3 Å². The lowest BCUT2D eigenvalue weighted by molar-refractivity contribution is 0.415. The van der Waals surface area contributed by atoms with Crippen molar-refractivity contribution in [2.45, 2.75) is 24.3 Å². The molecule has 23 heavy (non-hydrogen) atoms. The van der Waals surface area contributed by atoms with Crippen molar-refractivity contribution in [3.05, 3.63) is 47.0 Å². The molecule has 0 unspecified atom stereocenters. The second kappa shape index (κ2) is 5.94. The van der Waals surface area contributed by atoms with E-state index in [1.807, 2.05) is 0 Å². The SMILES string of the molecule is COc1ccc(NS(=O)(=O)c2ccc3c(c2)C[C@@H](C)N3)cc1Cl. The van der Waals surface area contributed by atoms with Gasteiger partial charge in [-0.2, -0.15) is 0 Å². The predicted molar refractivity (Wildman–Crippen MR) is 92.0 cm³/mol. The van der Waals surface area contributed by atoms with E-state index >= 15 is 0 Å². The van der Waals surface area contributed by atoms with Gasteiger partial charge in [-0.15, -0.1) is 0 Å². The fourth-order valence-electron chi connectivity index (χ4n) is 2.64. The van der Waals surface area contributed by atoms with Gasteiger partial charge in [0.25, 0.3) is 10.0 Å². The zero-order valence-corrected chi connectivity index (χ0v) is 14.3. The van der Waals surface area contributed by atoms with Crippen LogP contribution in [0.3, 0.4) is 0 Å². The quantitative estimate of drug-likeness (QED) is 0.883. The normalized spacial score (nSPS) is 16.6. The van der Waals surface area contributed by atoms with Crippen molar-refractivity contribution in [3.63, 3.8) is 0 Å². The second-order valence-corrected chi connectivity index (χ2v) is 7.61. The molecule has 2 aromatic rings. The van der Waals surface area contributed by atoms with Crippen molar-refractivity contribution < 1.29 is 13.2 Å². The van der Waals surface area contributed by atoms with Gasteiger partial charge in [-0.25, -0.2) is 8.42 Å². The highest BCUT2D eigenvalue weighted by Gasteiger charge is 2.21. The van der Waals surface area contributed by atoms with Crippen LogP contribution in [0.2, 0.25) is 5.02 Å². The number of rotatable bonds is 4. The van der Waals surface area contributed by atoms with Gasteiger partial charge in [0.15, 0.2) is 0 Å². The Balaban J connectivity index is 1.88. The number of benzene rings is 2. The molecule has 0 aromatic heterocycles. The summed E-state index contributed by atoms with van der Waals surface area (Å²) in [5.41, 5.74) is 2.39. The number of hydrogen-bond acceptors (Lipinski definition) is 4. The number of ether oxygens (including phenoxy) is 1. The third kappa shape index (κ3) is 3.23. The summed E-state index contributed by atoms with van der Waals surface area (Å²) in [4.78, 5) is 0.235. The van der Waals surface area contributed by atoms with Crippen molar-refractivity contribution in [3.8, 4) is 5.75 Å². The van der Waals surface area contributed by atoms with Gasteiger partial charge < -0.3 is 10.1 Å². The third-order valence-corrected chi connectivity index (χ3v) is 5.39. The van der Waals surface area contributed by atoms with Crippen LogP contribution >= 0.6 is 11.6 Å². The number of anilines is 2. The molecule has 1 aliphatic heterocycles. The lowest BCUT2D eigenvalue weighted by Crippen LogP contribution is -2.13. The smallest absolute Gasteiger partial charge is 0.261 e. The number of methoxy groups -OCH3 is 1. The fraction of sp³-hybridized carbons (Fsp3) is 0.250. The Morgan fingerprint density at radius 1 is 1.26 bits per heavy atom. The van der Waals surface area contributed by atoms with Gasteiger partial charge in [0.2, 0.25) is 0 Å². The van der Waals surface area contributed by atoms with Gasteiger partial charge in [0, 0.05) is 11.7 Å². The van der Waals surface area contributed by atoms with Crippen LogP contribution in [-0.2, 0) is 16.4 Å². The van der Waals surface area contributed by atoms with Gasteiger partial charge in [0.05, 0.1) is 22.7 Å². The molecule has 2 aromatic carbocycles. The van der Waals surface area contributed by atoms with E-state index in [0.29, 0.717) is 22.5 Å². The Morgan fingerprint density at radius 2 is 2.04 bits per heavy atom. The molecule has 3 rings (SSSR count). The Hall–Kier alpha value is -1.92. The first-order chi connectivity index (χ1) is 10.9. The van der Waals surface area contributed by atoms with Crippen LogP contribution in [-0.4, -0.2) is 21.6 Å². The summed E-state index contributed by atoms with van der Waals surface area (Å²) in [7, 11) is -2.16. The zero-order valence-electron chi connectivity index (χ0n) is 12.8. The molecule has 122 valence electrons. The molecule has 1 heterocycles. The Labute approximate surface area is 140 Å². The topological polar surface area (TPSA) is 67.4 Å². The highest BCUT2D eigenvalue weighted by atomic mass is 35.5. The van der Waals surface area contributed by atoms with Crippen LogP contribution in [0.1, 0.15) is 12.5 Å². The molecule has 0 saturated carbocycles. The Kier molecular flexibility index (Phi) is 4.12. The van der Waals surface area contributed by atoms with Gasteiger partial charge in [-0.1, -0.05) is 11.6 Å². The monoisotopic (exact) mass is 352 g/mol. The molecular weight excluding hydrogens is 336 g/mol.